The molecular weight excluding hydrogens is 226 g/mol. The lowest BCUT2D eigenvalue weighted by Crippen LogP contribution is -2.35. The molecule has 4 heteroatoms. The largest absolute Gasteiger partial charge is 0.493 e. The molecule has 2 rings (SSSR count). The molecule has 100 valence electrons. The van der Waals surface area contributed by atoms with Crippen LogP contribution in [0.1, 0.15) is 32.4 Å². The molecule has 3 unspecified atom stereocenters. The van der Waals surface area contributed by atoms with Gasteiger partial charge in [0, 0.05) is 12.1 Å². The summed E-state index contributed by atoms with van der Waals surface area (Å²) in [5.74, 6) is 1.46. The van der Waals surface area contributed by atoms with Gasteiger partial charge in [-0.05, 0) is 30.5 Å². The molecular formula is C14H23N3O. The Bertz CT molecular complexity index is 377. The van der Waals surface area contributed by atoms with Crippen LogP contribution in [0.3, 0.4) is 0 Å². The topological polar surface area (TPSA) is 59.3 Å². The third-order valence-electron chi connectivity index (χ3n) is 3.25. The summed E-state index contributed by atoms with van der Waals surface area (Å²) in [6, 6.07) is 8.71. The molecule has 0 aromatic heterocycles. The Morgan fingerprint density at radius 2 is 1.89 bits per heavy atom. The average Bonchev–Trinajstić information content (AvgIpc) is 2.68. The van der Waals surface area contributed by atoms with Crippen molar-refractivity contribution in [2.24, 2.45) is 11.7 Å². The van der Waals surface area contributed by atoms with E-state index in [4.69, 9.17) is 10.5 Å². The first-order chi connectivity index (χ1) is 8.58. The van der Waals surface area contributed by atoms with Crippen LogP contribution in [0, 0.1) is 5.92 Å². The van der Waals surface area contributed by atoms with Gasteiger partial charge in [0.2, 0.25) is 0 Å². The summed E-state index contributed by atoms with van der Waals surface area (Å²) in [7, 11) is 0. The SMILES string of the molecule is CC(C)COc1ccc(C2NNC(C)C2N)cc1. The highest BCUT2D eigenvalue weighted by Crippen LogP contribution is 2.23. The Morgan fingerprint density at radius 3 is 2.39 bits per heavy atom. The van der Waals surface area contributed by atoms with Crippen LogP contribution >= 0.6 is 0 Å². The molecule has 1 aromatic rings. The number of nitrogens with two attached hydrogens (primary N) is 1. The zero-order valence-corrected chi connectivity index (χ0v) is 11.3. The predicted octanol–water partition coefficient (Wildman–Crippen LogP) is 1.59. The summed E-state index contributed by atoms with van der Waals surface area (Å²) in [5, 5.41) is 0. The fourth-order valence-electron chi connectivity index (χ4n) is 2.04. The van der Waals surface area contributed by atoms with Gasteiger partial charge in [0.1, 0.15) is 5.75 Å². The average molecular weight is 249 g/mol. The standard InChI is InChI=1S/C14H23N3O/c1-9(2)8-18-12-6-4-11(5-7-12)14-13(15)10(3)16-17-14/h4-7,9-10,13-14,16-17H,8,15H2,1-3H3. The van der Waals surface area contributed by atoms with Crippen molar-refractivity contribution in [3.63, 3.8) is 0 Å². The molecule has 1 fully saturated rings. The van der Waals surface area contributed by atoms with Crippen LogP contribution in [-0.2, 0) is 0 Å². The van der Waals surface area contributed by atoms with Gasteiger partial charge >= 0.3 is 0 Å². The summed E-state index contributed by atoms with van der Waals surface area (Å²) in [4.78, 5) is 0. The van der Waals surface area contributed by atoms with E-state index in [1.807, 2.05) is 12.1 Å². The zero-order valence-electron chi connectivity index (χ0n) is 11.3. The van der Waals surface area contributed by atoms with Crippen molar-refractivity contribution in [1.29, 1.82) is 0 Å². The van der Waals surface area contributed by atoms with Crippen molar-refractivity contribution in [3.8, 4) is 5.75 Å². The van der Waals surface area contributed by atoms with E-state index >= 15 is 0 Å². The highest BCUT2D eigenvalue weighted by atomic mass is 16.5. The highest BCUT2D eigenvalue weighted by molar-refractivity contribution is 5.30. The van der Waals surface area contributed by atoms with E-state index in [1.165, 1.54) is 5.56 Å². The summed E-state index contributed by atoms with van der Waals surface area (Å²) in [5.41, 5.74) is 13.7. The molecule has 1 aromatic carbocycles. The Labute approximate surface area is 109 Å². The lowest BCUT2D eigenvalue weighted by Gasteiger charge is -2.17. The second-order valence-corrected chi connectivity index (χ2v) is 5.41. The first-order valence-electron chi connectivity index (χ1n) is 6.57. The maximum Gasteiger partial charge on any atom is 0.119 e. The molecule has 0 aliphatic carbocycles. The van der Waals surface area contributed by atoms with Crippen molar-refractivity contribution >= 4 is 0 Å². The summed E-state index contributed by atoms with van der Waals surface area (Å²) >= 11 is 0. The van der Waals surface area contributed by atoms with E-state index in [9.17, 15) is 0 Å². The van der Waals surface area contributed by atoms with Gasteiger partial charge in [0.15, 0.2) is 0 Å². The molecule has 0 radical (unpaired) electrons. The van der Waals surface area contributed by atoms with Crippen LogP contribution < -0.4 is 21.3 Å². The normalized spacial score (nSPS) is 27.7. The van der Waals surface area contributed by atoms with Crippen LogP contribution in [-0.4, -0.2) is 18.7 Å². The van der Waals surface area contributed by atoms with E-state index in [2.05, 4.69) is 43.8 Å². The zero-order chi connectivity index (χ0) is 13.1. The van der Waals surface area contributed by atoms with E-state index in [-0.39, 0.29) is 18.1 Å². The van der Waals surface area contributed by atoms with Gasteiger partial charge in [0.05, 0.1) is 12.6 Å². The molecule has 1 heterocycles. The number of benzene rings is 1. The lowest BCUT2D eigenvalue weighted by molar-refractivity contribution is 0.271. The van der Waals surface area contributed by atoms with Gasteiger partial charge in [-0.25, -0.2) is 5.43 Å². The van der Waals surface area contributed by atoms with Gasteiger partial charge in [-0.15, -0.1) is 0 Å². The summed E-state index contributed by atoms with van der Waals surface area (Å²) < 4.78 is 5.67. The molecule has 1 aliphatic heterocycles. The number of nitrogens with one attached hydrogen (secondary N) is 2. The third kappa shape index (κ3) is 3.02. The van der Waals surface area contributed by atoms with Crippen molar-refractivity contribution in [2.75, 3.05) is 6.61 Å². The summed E-state index contributed by atoms with van der Waals surface area (Å²) in [6.45, 7) is 7.11. The Morgan fingerprint density at radius 1 is 1.22 bits per heavy atom. The van der Waals surface area contributed by atoms with Crippen LogP contribution in [0.15, 0.2) is 24.3 Å². The number of ether oxygens (including phenoxy) is 1. The van der Waals surface area contributed by atoms with Crippen molar-refractivity contribution < 1.29 is 4.74 Å². The third-order valence-corrected chi connectivity index (χ3v) is 3.25. The number of hydrazine groups is 1. The molecule has 4 N–H and O–H groups in total. The molecule has 4 nitrogen and oxygen atoms in total. The van der Waals surface area contributed by atoms with Crippen LogP contribution in [0.4, 0.5) is 0 Å². The van der Waals surface area contributed by atoms with E-state index in [1.54, 1.807) is 0 Å². The molecule has 1 aliphatic rings. The minimum atomic E-state index is 0.0902. The molecule has 1 saturated heterocycles. The molecule has 3 atom stereocenters. The van der Waals surface area contributed by atoms with Gasteiger partial charge in [-0.2, -0.15) is 0 Å². The minimum Gasteiger partial charge on any atom is -0.493 e. The van der Waals surface area contributed by atoms with E-state index < -0.39 is 0 Å². The lowest BCUT2D eigenvalue weighted by atomic mass is 9.98. The number of rotatable bonds is 4. The predicted molar refractivity (Wildman–Crippen MR) is 73.2 cm³/mol. The van der Waals surface area contributed by atoms with Gasteiger partial charge < -0.3 is 10.5 Å². The quantitative estimate of drug-likeness (QED) is 0.758. The van der Waals surface area contributed by atoms with Gasteiger partial charge in [0.25, 0.3) is 0 Å². The van der Waals surface area contributed by atoms with Gasteiger partial charge in [-0.3, -0.25) is 5.43 Å². The Balaban J connectivity index is 1.99. The fraction of sp³-hybridized carbons (Fsp3) is 0.571. The van der Waals surface area contributed by atoms with Crippen molar-refractivity contribution in [3.05, 3.63) is 29.8 Å². The second kappa shape index (κ2) is 5.69. The highest BCUT2D eigenvalue weighted by Gasteiger charge is 2.30. The maximum atomic E-state index is 6.13. The number of hydrogen-bond acceptors (Lipinski definition) is 4. The molecule has 0 amide bonds. The first kappa shape index (κ1) is 13.3. The Hall–Kier alpha value is -1.10. The molecule has 0 spiro atoms. The van der Waals surface area contributed by atoms with Gasteiger partial charge in [-0.1, -0.05) is 26.0 Å². The monoisotopic (exact) mass is 249 g/mol. The van der Waals surface area contributed by atoms with Crippen LogP contribution in [0.2, 0.25) is 0 Å². The van der Waals surface area contributed by atoms with Crippen LogP contribution in [0.25, 0.3) is 0 Å². The fourth-order valence-corrected chi connectivity index (χ4v) is 2.04. The smallest absolute Gasteiger partial charge is 0.119 e. The minimum absolute atomic E-state index is 0.0902. The first-order valence-corrected chi connectivity index (χ1v) is 6.57. The second-order valence-electron chi connectivity index (χ2n) is 5.41. The van der Waals surface area contributed by atoms with Crippen molar-refractivity contribution in [2.45, 2.75) is 38.9 Å². The van der Waals surface area contributed by atoms with Crippen molar-refractivity contribution in [1.82, 2.24) is 10.9 Å². The molecule has 18 heavy (non-hydrogen) atoms. The van der Waals surface area contributed by atoms with E-state index in [0.29, 0.717) is 5.92 Å². The number of hydrogen-bond donors (Lipinski definition) is 3. The molecule has 0 saturated carbocycles. The molecule has 0 bridgehead atoms. The summed E-state index contributed by atoms with van der Waals surface area (Å²) in [6.07, 6.45) is 0. The van der Waals surface area contributed by atoms with Crippen LogP contribution in [0.5, 0.6) is 5.75 Å². The van der Waals surface area contributed by atoms with E-state index in [0.717, 1.165) is 12.4 Å². The maximum absolute atomic E-state index is 6.13. The Kier molecular flexibility index (Phi) is 4.22.